The zero-order valence-corrected chi connectivity index (χ0v) is 11.3. The van der Waals surface area contributed by atoms with Gasteiger partial charge in [-0.15, -0.1) is 0 Å². The van der Waals surface area contributed by atoms with Gasteiger partial charge in [0.15, 0.2) is 0 Å². The predicted octanol–water partition coefficient (Wildman–Crippen LogP) is 0.986. The van der Waals surface area contributed by atoms with Gasteiger partial charge in [0, 0.05) is 40.1 Å². The van der Waals surface area contributed by atoms with E-state index in [9.17, 15) is 0 Å². The fourth-order valence-corrected chi connectivity index (χ4v) is 1.44. The van der Waals surface area contributed by atoms with Crippen LogP contribution in [0, 0.1) is 0 Å². The summed E-state index contributed by atoms with van der Waals surface area (Å²) in [5, 5.41) is 6.08. The molecule has 0 saturated heterocycles. The summed E-state index contributed by atoms with van der Waals surface area (Å²) in [5.41, 5.74) is 1.07. The van der Waals surface area contributed by atoms with E-state index in [0.717, 1.165) is 5.56 Å². The molecule has 0 amide bonds. The maximum absolute atomic E-state index is 4.33. The molecule has 0 radical (unpaired) electrons. The maximum atomic E-state index is 4.33. The minimum Gasteiger partial charge on any atom is -0.357 e. The molecule has 0 bridgehead atoms. The molecule has 0 aliphatic carbocycles. The van der Waals surface area contributed by atoms with Gasteiger partial charge < -0.3 is 15.5 Å². The molecule has 0 fully saturated rings. The Morgan fingerprint density at radius 1 is 1.16 bits per heavy atom. The summed E-state index contributed by atoms with van der Waals surface area (Å²) in [6.45, 7) is 0.619. The third-order valence-electron chi connectivity index (χ3n) is 2.42. The van der Waals surface area contributed by atoms with Crippen LogP contribution in [0.1, 0.15) is 5.56 Å². The summed E-state index contributed by atoms with van der Waals surface area (Å²) in [6.07, 6.45) is 3.55. The second-order valence-electron chi connectivity index (χ2n) is 4.14. The van der Waals surface area contributed by atoms with E-state index in [1.165, 1.54) is 0 Å². The van der Waals surface area contributed by atoms with E-state index in [1.54, 1.807) is 19.4 Å². The van der Waals surface area contributed by atoms with E-state index >= 15 is 0 Å². The van der Waals surface area contributed by atoms with E-state index < -0.39 is 0 Å². The Morgan fingerprint density at radius 3 is 2.58 bits per heavy atom. The number of aromatic nitrogens is 4. The van der Waals surface area contributed by atoms with Crippen molar-refractivity contribution in [2.24, 2.45) is 0 Å². The standard InChI is InChI=1S/C12H17N7/c1-13-10-16-11(18-12(17-10)19(2)3)15-8-9-5-4-6-14-7-9/h4-7H,8H2,1-3H3,(H2,13,15,16,17,18). The first-order valence-electron chi connectivity index (χ1n) is 5.93. The van der Waals surface area contributed by atoms with Gasteiger partial charge in [-0.25, -0.2) is 0 Å². The Hall–Kier alpha value is -2.44. The average Bonchev–Trinajstić information content (AvgIpc) is 2.45. The first-order chi connectivity index (χ1) is 9.19. The molecule has 2 rings (SSSR count). The molecular formula is C12H17N7. The third kappa shape index (κ3) is 3.51. The second-order valence-corrected chi connectivity index (χ2v) is 4.14. The Balaban J connectivity index is 2.13. The van der Waals surface area contributed by atoms with Crippen LogP contribution in [-0.2, 0) is 6.54 Å². The van der Waals surface area contributed by atoms with Crippen molar-refractivity contribution in [3.63, 3.8) is 0 Å². The van der Waals surface area contributed by atoms with Crippen molar-refractivity contribution in [2.45, 2.75) is 6.54 Å². The van der Waals surface area contributed by atoms with Crippen LogP contribution in [0.15, 0.2) is 24.5 Å². The highest BCUT2D eigenvalue weighted by molar-refractivity contribution is 5.42. The number of pyridine rings is 1. The van der Waals surface area contributed by atoms with Gasteiger partial charge >= 0.3 is 0 Å². The van der Waals surface area contributed by atoms with Gasteiger partial charge in [-0.05, 0) is 11.6 Å². The number of hydrogen-bond donors (Lipinski definition) is 2. The zero-order chi connectivity index (χ0) is 13.7. The minimum absolute atomic E-state index is 0.534. The Morgan fingerprint density at radius 2 is 1.95 bits per heavy atom. The molecular weight excluding hydrogens is 242 g/mol. The van der Waals surface area contributed by atoms with Gasteiger partial charge in [0.2, 0.25) is 17.8 Å². The number of rotatable bonds is 5. The third-order valence-corrected chi connectivity index (χ3v) is 2.42. The molecule has 2 N–H and O–H groups in total. The Kier molecular flexibility index (Phi) is 4.07. The molecule has 19 heavy (non-hydrogen) atoms. The molecule has 7 nitrogen and oxygen atoms in total. The van der Waals surface area contributed by atoms with Crippen molar-refractivity contribution in [3.05, 3.63) is 30.1 Å². The summed E-state index contributed by atoms with van der Waals surface area (Å²) < 4.78 is 0. The van der Waals surface area contributed by atoms with Crippen LogP contribution in [0.5, 0.6) is 0 Å². The first kappa shape index (κ1) is 13.0. The van der Waals surface area contributed by atoms with Gasteiger partial charge in [0.1, 0.15) is 0 Å². The fourth-order valence-electron chi connectivity index (χ4n) is 1.44. The van der Waals surface area contributed by atoms with Gasteiger partial charge in [-0.3, -0.25) is 4.98 Å². The molecule has 2 aromatic rings. The molecule has 0 saturated carbocycles. The van der Waals surface area contributed by atoms with Crippen molar-refractivity contribution >= 4 is 17.8 Å². The lowest BCUT2D eigenvalue weighted by atomic mass is 10.3. The number of nitrogens with one attached hydrogen (secondary N) is 2. The highest BCUT2D eigenvalue weighted by atomic mass is 15.3. The first-order valence-corrected chi connectivity index (χ1v) is 5.93. The van der Waals surface area contributed by atoms with Crippen LogP contribution >= 0.6 is 0 Å². The smallest absolute Gasteiger partial charge is 0.231 e. The summed E-state index contributed by atoms with van der Waals surface area (Å²) in [7, 11) is 5.55. The van der Waals surface area contributed by atoms with Gasteiger partial charge in [-0.1, -0.05) is 6.07 Å². The zero-order valence-electron chi connectivity index (χ0n) is 11.3. The molecule has 2 heterocycles. The minimum atomic E-state index is 0.534. The van der Waals surface area contributed by atoms with Crippen molar-refractivity contribution in [2.75, 3.05) is 36.7 Å². The molecule has 100 valence electrons. The monoisotopic (exact) mass is 259 g/mol. The van der Waals surface area contributed by atoms with E-state index in [-0.39, 0.29) is 0 Å². The molecule has 0 aliphatic heterocycles. The maximum Gasteiger partial charge on any atom is 0.231 e. The Labute approximate surface area is 112 Å². The summed E-state index contributed by atoms with van der Waals surface area (Å²) in [4.78, 5) is 18.7. The molecule has 0 aliphatic rings. The second kappa shape index (κ2) is 5.94. The normalized spacial score (nSPS) is 10.1. The molecule has 2 aromatic heterocycles. The van der Waals surface area contributed by atoms with Crippen molar-refractivity contribution in [1.82, 2.24) is 19.9 Å². The highest BCUT2D eigenvalue weighted by Gasteiger charge is 2.06. The van der Waals surface area contributed by atoms with Gasteiger partial charge in [0.25, 0.3) is 0 Å². The lowest BCUT2D eigenvalue weighted by molar-refractivity contribution is 0.943. The van der Waals surface area contributed by atoms with Crippen molar-refractivity contribution in [3.8, 4) is 0 Å². The average molecular weight is 259 g/mol. The van der Waals surface area contributed by atoms with Crippen LogP contribution in [0.3, 0.4) is 0 Å². The van der Waals surface area contributed by atoms with E-state index in [1.807, 2.05) is 31.1 Å². The summed E-state index contributed by atoms with van der Waals surface area (Å²) in [5.74, 6) is 1.67. The fraction of sp³-hybridized carbons (Fsp3) is 0.333. The quantitative estimate of drug-likeness (QED) is 0.828. The SMILES string of the molecule is CNc1nc(NCc2cccnc2)nc(N(C)C)n1. The largest absolute Gasteiger partial charge is 0.357 e. The summed E-state index contributed by atoms with van der Waals surface area (Å²) in [6, 6.07) is 3.89. The van der Waals surface area contributed by atoms with E-state index in [2.05, 4.69) is 30.6 Å². The van der Waals surface area contributed by atoms with Crippen LogP contribution in [0.25, 0.3) is 0 Å². The van der Waals surface area contributed by atoms with E-state index in [4.69, 9.17) is 0 Å². The predicted molar refractivity (Wildman–Crippen MR) is 75.3 cm³/mol. The molecule has 0 atom stereocenters. The van der Waals surface area contributed by atoms with Crippen LogP contribution in [-0.4, -0.2) is 41.1 Å². The van der Waals surface area contributed by atoms with Crippen molar-refractivity contribution in [1.29, 1.82) is 0 Å². The molecule has 0 unspecified atom stereocenters. The number of anilines is 3. The topological polar surface area (TPSA) is 78.9 Å². The van der Waals surface area contributed by atoms with Gasteiger partial charge in [-0.2, -0.15) is 15.0 Å². The van der Waals surface area contributed by atoms with Crippen LogP contribution < -0.4 is 15.5 Å². The van der Waals surface area contributed by atoms with Gasteiger partial charge in [0.05, 0.1) is 0 Å². The lowest BCUT2D eigenvalue weighted by Crippen LogP contribution is -2.16. The highest BCUT2D eigenvalue weighted by Crippen LogP contribution is 2.11. The molecule has 7 heteroatoms. The van der Waals surface area contributed by atoms with Crippen LogP contribution in [0.4, 0.5) is 17.8 Å². The van der Waals surface area contributed by atoms with Crippen LogP contribution in [0.2, 0.25) is 0 Å². The van der Waals surface area contributed by atoms with Crippen molar-refractivity contribution < 1.29 is 0 Å². The lowest BCUT2D eigenvalue weighted by Gasteiger charge is -2.13. The van der Waals surface area contributed by atoms with E-state index in [0.29, 0.717) is 24.4 Å². The Bertz CT molecular complexity index is 527. The molecule has 0 aromatic carbocycles. The number of hydrogen-bond acceptors (Lipinski definition) is 7. The molecule has 0 spiro atoms. The number of nitrogens with zero attached hydrogens (tertiary/aromatic N) is 5. The summed E-state index contributed by atoms with van der Waals surface area (Å²) >= 11 is 0.